The van der Waals surface area contributed by atoms with Gasteiger partial charge in [-0.05, 0) is 37.2 Å². The van der Waals surface area contributed by atoms with Crippen LogP contribution in [0.1, 0.15) is 23.2 Å². The molecule has 0 spiro atoms. The van der Waals surface area contributed by atoms with Gasteiger partial charge in [-0.15, -0.1) is 0 Å². The summed E-state index contributed by atoms with van der Waals surface area (Å²) in [5, 5.41) is 12.7. The van der Waals surface area contributed by atoms with Crippen LogP contribution in [0.5, 0.6) is 0 Å². The van der Waals surface area contributed by atoms with E-state index in [4.69, 9.17) is 12.2 Å². The Morgan fingerprint density at radius 2 is 2.11 bits per heavy atom. The van der Waals surface area contributed by atoms with E-state index in [2.05, 4.69) is 5.32 Å². The lowest BCUT2D eigenvalue weighted by Crippen LogP contribution is -2.48. The molecule has 2 N–H and O–H groups in total. The molecule has 0 aromatic heterocycles. The molecule has 18 heavy (non-hydrogen) atoms. The Kier molecular flexibility index (Phi) is 4.28. The van der Waals surface area contributed by atoms with E-state index in [9.17, 15) is 9.90 Å². The van der Waals surface area contributed by atoms with Crippen LogP contribution in [0.15, 0.2) is 30.3 Å². The number of amides is 1. The molecule has 1 saturated heterocycles. The Hall–Kier alpha value is -1.46. The molecular weight excluding hydrogens is 248 g/mol. The summed E-state index contributed by atoms with van der Waals surface area (Å²) >= 11 is 5.19. The number of likely N-dealkylation sites (tertiary alicyclic amines) is 1. The number of carbonyl (C=O) groups excluding carboxylic acids is 1. The zero-order chi connectivity index (χ0) is 13.0. The number of aliphatic hydroxyl groups is 1. The molecule has 96 valence electrons. The summed E-state index contributed by atoms with van der Waals surface area (Å²) in [6.07, 6.45) is 1.33. The number of carbonyl (C=O) groups is 1. The summed E-state index contributed by atoms with van der Waals surface area (Å²) in [6.45, 7) is 1.28. The van der Waals surface area contributed by atoms with Gasteiger partial charge in [-0.3, -0.25) is 10.1 Å². The fourth-order valence-electron chi connectivity index (χ4n) is 1.98. The summed E-state index contributed by atoms with van der Waals surface area (Å²) in [6, 6.07) is 8.95. The van der Waals surface area contributed by atoms with Crippen LogP contribution in [0.25, 0.3) is 0 Å². The molecule has 1 aliphatic rings. The van der Waals surface area contributed by atoms with Gasteiger partial charge < -0.3 is 10.0 Å². The van der Waals surface area contributed by atoms with Gasteiger partial charge in [0.15, 0.2) is 5.11 Å². The quantitative estimate of drug-likeness (QED) is 0.747. The second kappa shape index (κ2) is 5.93. The molecule has 0 radical (unpaired) electrons. The van der Waals surface area contributed by atoms with Crippen molar-refractivity contribution in [3.8, 4) is 0 Å². The molecule has 1 amide bonds. The van der Waals surface area contributed by atoms with Crippen LogP contribution >= 0.6 is 12.2 Å². The first-order valence-electron chi connectivity index (χ1n) is 6.00. The lowest BCUT2D eigenvalue weighted by molar-refractivity contribution is 0.0931. The molecule has 1 aliphatic heterocycles. The number of nitrogens with zero attached hydrogens (tertiary/aromatic N) is 1. The zero-order valence-corrected chi connectivity index (χ0v) is 10.8. The van der Waals surface area contributed by atoms with E-state index in [1.54, 1.807) is 12.1 Å². The van der Waals surface area contributed by atoms with Crippen LogP contribution < -0.4 is 5.32 Å². The van der Waals surface area contributed by atoms with Gasteiger partial charge in [0.2, 0.25) is 0 Å². The van der Waals surface area contributed by atoms with Crippen molar-refractivity contribution in [1.82, 2.24) is 10.2 Å². The lowest BCUT2D eigenvalue weighted by Gasteiger charge is -2.31. The molecule has 0 saturated carbocycles. The van der Waals surface area contributed by atoms with Crippen molar-refractivity contribution in [2.75, 3.05) is 13.1 Å². The van der Waals surface area contributed by atoms with Gasteiger partial charge in [0.25, 0.3) is 5.91 Å². The highest BCUT2D eigenvalue weighted by molar-refractivity contribution is 7.80. The standard InChI is InChI=1S/C13H16N2O2S/c16-11-7-4-8-15(9-11)13(18)14-12(17)10-5-2-1-3-6-10/h1-3,5-6,11,16H,4,7-9H2,(H,14,17,18)/t11-/m1/s1. The van der Waals surface area contributed by atoms with E-state index in [1.807, 2.05) is 23.1 Å². The van der Waals surface area contributed by atoms with E-state index in [0.29, 0.717) is 17.2 Å². The third kappa shape index (κ3) is 3.27. The topological polar surface area (TPSA) is 52.6 Å². The minimum atomic E-state index is -0.356. The Labute approximate surface area is 112 Å². The normalized spacial score (nSPS) is 19.4. The molecule has 0 unspecified atom stereocenters. The van der Waals surface area contributed by atoms with Crippen molar-refractivity contribution in [2.24, 2.45) is 0 Å². The van der Waals surface area contributed by atoms with Crippen LogP contribution in [-0.2, 0) is 0 Å². The summed E-state index contributed by atoms with van der Waals surface area (Å²) in [5.74, 6) is -0.208. The number of thiocarbonyl (C=S) groups is 1. The number of nitrogens with one attached hydrogen (secondary N) is 1. The average molecular weight is 264 g/mol. The van der Waals surface area contributed by atoms with Crippen LogP contribution in [-0.4, -0.2) is 40.2 Å². The second-order valence-electron chi connectivity index (χ2n) is 4.37. The first-order valence-corrected chi connectivity index (χ1v) is 6.41. The molecule has 1 aromatic carbocycles. The largest absolute Gasteiger partial charge is 0.391 e. The van der Waals surface area contributed by atoms with E-state index < -0.39 is 0 Å². The van der Waals surface area contributed by atoms with Gasteiger partial charge in [-0.25, -0.2) is 0 Å². The maximum Gasteiger partial charge on any atom is 0.257 e. The minimum absolute atomic E-state index is 0.208. The van der Waals surface area contributed by atoms with Crippen LogP contribution in [0.4, 0.5) is 0 Å². The highest BCUT2D eigenvalue weighted by Gasteiger charge is 2.20. The first kappa shape index (κ1) is 13.0. The highest BCUT2D eigenvalue weighted by Crippen LogP contribution is 2.10. The number of rotatable bonds is 1. The zero-order valence-electron chi connectivity index (χ0n) is 10.0. The van der Waals surface area contributed by atoms with E-state index in [1.165, 1.54) is 0 Å². The summed E-state index contributed by atoms with van der Waals surface area (Å²) in [7, 11) is 0. The molecule has 1 aromatic rings. The maximum absolute atomic E-state index is 11.9. The van der Waals surface area contributed by atoms with Crippen molar-refractivity contribution in [3.63, 3.8) is 0 Å². The third-order valence-electron chi connectivity index (χ3n) is 2.94. The predicted octanol–water partition coefficient (Wildman–Crippen LogP) is 1.16. The van der Waals surface area contributed by atoms with Gasteiger partial charge in [-0.2, -0.15) is 0 Å². The summed E-state index contributed by atoms with van der Waals surface area (Å²) in [5.41, 5.74) is 0.581. The monoisotopic (exact) mass is 264 g/mol. The van der Waals surface area contributed by atoms with Crippen LogP contribution in [0.3, 0.4) is 0 Å². The van der Waals surface area contributed by atoms with Crippen molar-refractivity contribution >= 4 is 23.2 Å². The van der Waals surface area contributed by atoms with E-state index in [-0.39, 0.29) is 12.0 Å². The van der Waals surface area contributed by atoms with Gasteiger partial charge in [-0.1, -0.05) is 18.2 Å². The van der Waals surface area contributed by atoms with Crippen molar-refractivity contribution < 1.29 is 9.90 Å². The predicted molar refractivity (Wildman–Crippen MR) is 73.3 cm³/mol. The summed E-state index contributed by atoms with van der Waals surface area (Å²) < 4.78 is 0. The fraction of sp³-hybridized carbons (Fsp3) is 0.385. The average Bonchev–Trinajstić information content (AvgIpc) is 2.39. The van der Waals surface area contributed by atoms with Gasteiger partial charge >= 0.3 is 0 Å². The number of β-amino-alcohol motifs (C(OH)–C–C–N with tert-alkyl or cyclic N) is 1. The molecular formula is C13H16N2O2S. The van der Waals surface area contributed by atoms with E-state index >= 15 is 0 Å². The van der Waals surface area contributed by atoms with E-state index in [0.717, 1.165) is 19.4 Å². The smallest absolute Gasteiger partial charge is 0.257 e. The number of aliphatic hydroxyl groups excluding tert-OH is 1. The number of hydrogen-bond acceptors (Lipinski definition) is 3. The molecule has 5 heteroatoms. The molecule has 0 bridgehead atoms. The van der Waals surface area contributed by atoms with Crippen molar-refractivity contribution in [2.45, 2.75) is 18.9 Å². The molecule has 1 atom stereocenters. The van der Waals surface area contributed by atoms with Crippen LogP contribution in [0.2, 0.25) is 0 Å². The molecule has 2 rings (SSSR count). The highest BCUT2D eigenvalue weighted by atomic mass is 32.1. The fourth-order valence-corrected chi connectivity index (χ4v) is 2.24. The van der Waals surface area contributed by atoms with Crippen LogP contribution in [0, 0.1) is 0 Å². The van der Waals surface area contributed by atoms with Gasteiger partial charge in [0.05, 0.1) is 6.10 Å². The Bertz CT molecular complexity index is 436. The molecule has 4 nitrogen and oxygen atoms in total. The van der Waals surface area contributed by atoms with Gasteiger partial charge in [0.1, 0.15) is 0 Å². The third-order valence-corrected chi connectivity index (χ3v) is 3.30. The minimum Gasteiger partial charge on any atom is -0.391 e. The number of piperidine rings is 1. The maximum atomic E-state index is 11.9. The Balaban J connectivity index is 1.93. The lowest BCUT2D eigenvalue weighted by atomic mass is 10.1. The van der Waals surface area contributed by atoms with Gasteiger partial charge in [0, 0.05) is 18.7 Å². The number of hydrogen-bond donors (Lipinski definition) is 2. The van der Waals surface area contributed by atoms with Crippen molar-refractivity contribution in [3.05, 3.63) is 35.9 Å². The first-order chi connectivity index (χ1) is 8.66. The number of benzene rings is 1. The van der Waals surface area contributed by atoms with Crippen molar-refractivity contribution in [1.29, 1.82) is 0 Å². The molecule has 0 aliphatic carbocycles. The summed E-state index contributed by atoms with van der Waals surface area (Å²) in [4.78, 5) is 13.7. The Morgan fingerprint density at radius 3 is 2.78 bits per heavy atom. The second-order valence-corrected chi connectivity index (χ2v) is 4.75. The molecule has 1 fully saturated rings. The Morgan fingerprint density at radius 1 is 1.39 bits per heavy atom. The SMILES string of the molecule is O=C(NC(=S)N1CCC[C@@H](O)C1)c1ccccc1. The molecule has 1 heterocycles.